The molecule has 0 aliphatic heterocycles. The van der Waals surface area contributed by atoms with Gasteiger partial charge in [0.1, 0.15) is 0 Å². The minimum Gasteiger partial charge on any atom is -0.411 e. The van der Waals surface area contributed by atoms with E-state index >= 15 is 0 Å². The predicted octanol–water partition coefficient (Wildman–Crippen LogP) is 0.0364. The van der Waals surface area contributed by atoms with Crippen LogP contribution in [-0.2, 0) is 6.54 Å². The Kier molecular flexibility index (Phi) is 2.52. The van der Waals surface area contributed by atoms with Gasteiger partial charge in [0, 0.05) is 5.10 Å². The van der Waals surface area contributed by atoms with Crippen LogP contribution in [0.1, 0.15) is 6.92 Å². The quantitative estimate of drug-likeness (QED) is 0.309. The fourth-order valence-corrected chi connectivity index (χ4v) is 0.711. The Labute approximate surface area is 72.6 Å². The van der Waals surface area contributed by atoms with Crippen molar-refractivity contribution >= 4 is 11.7 Å². The van der Waals surface area contributed by atoms with Crippen LogP contribution in [0.25, 0.3) is 0 Å². The van der Waals surface area contributed by atoms with Gasteiger partial charge in [0.2, 0.25) is 6.33 Å². The summed E-state index contributed by atoms with van der Waals surface area (Å²) < 4.78 is 1.22. The van der Waals surface area contributed by atoms with Crippen LogP contribution in [0.5, 0.6) is 0 Å². The third kappa shape index (κ3) is 2.22. The lowest BCUT2D eigenvalue weighted by molar-refractivity contribution is -0.394. The molecule has 1 heterocycles. The molecule has 0 aliphatic carbocycles. The Morgan fingerprint density at radius 2 is 2.62 bits per heavy atom. The topological polar surface area (TPSA) is 106 Å². The van der Waals surface area contributed by atoms with Gasteiger partial charge in [-0.25, -0.2) is 0 Å². The molecule has 1 aromatic rings. The molecule has 1 N–H and O–H groups in total. The van der Waals surface area contributed by atoms with Crippen LogP contribution in [0.15, 0.2) is 11.5 Å². The molecule has 0 unspecified atom stereocenters. The Morgan fingerprint density at radius 3 is 3.08 bits per heavy atom. The van der Waals surface area contributed by atoms with Gasteiger partial charge >= 0.3 is 5.95 Å². The van der Waals surface area contributed by atoms with Gasteiger partial charge in [0.05, 0.1) is 12.3 Å². The second kappa shape index (κ2) is 3.61. The summed E-state index contributed by atoms with van der Waals surface area (Å²) in [6, 6.07) is 0. The van der Waals surface area contributed by atoms with Gasteiger partial charge < -0.3 is 15.3 Å². The molecule has 0 spiro atoms. The average molecular weight is 185 g/mol. The lowest BCUT2D eigenvalue weighted by Gasteiger charge is -1.91. The normalized spacial score (nSPS) is 11.6. The monoisotopic (exact) mass is 185 g/mol. The summed E-state index contributed by atoms with van der Waals surface area (Å²) in [6.45, 7) is 1.74. The SMILES string of the molecule is C/C(Cn1cnc([N+](=O)[O-])n1)=N\O. The van der Waals surface area contributed by atoms with Crippen LogP contribution in [0.4, 0.5) is 5.95 Å². The Bertz CT molecular complexity index is 344. The molecular weight excluding hydrogens is 178 g/mol. The fourth-order valence-electron chi connectivity index (χ4n) is 0.711. The summed E-state index contributed by atoms with van der Waals surface area (Å²) in [5, 5.41) is 24.9. The molecule has 0 radical (unpaired) electrons. The molecule has 8 heteroatoms. The van der Waals surface area contributed by atoms with E-state index < -0.39 is 10.9 Å². The first-order valence-electron chi connectivity index (χ1n) is 3.35. The van der Waals surface area contributed by atoms with Crippen molar-refractivity contribution < 1.29 is 10.1 Å². The zero-order valence-corrected chi connectivity index (χ0v) is 6.78. The van der Waals surface area contributed by atoms with E-state index in [0.29, 0.717) is 5.71 Å². The number of nitro groups is 1. The molecule has 0 aliphatic rings. The summed E-state index contributed by atoms with van der Waals surface area (Å²) in [5.74, 6) is -0.467. The minimum atomic E-state index is -0.693. The molecule has 0 aromatic carbocycles. The average Bonchev–Trinajstić information content (AvgIpc) is 2.52. The van der Waals surface area contributed by atoms with Crippen LogP contribution in [-0.4, -0.2) is 30.6 Å². The molecule has 0 bridgehead atoms. The Morgan fingerprint density at radius 1 is 1.92 bits per heavy atom. The molecule has 1 aromatic heterocycles. The molecule has 0 saturated carbocycles. The van der Waals surface area contributed by atoms with Gasteiger partial charge in [0.25, 0.3) is 0 Å². The van der Waals surface area contributed by atoms with Crippen molar-refractivity contribution in [2.45, 2.75) is 13.5 Å². The summed E-state index contributed by atoms with van der Waals surface area (Å²) in [7, 11) is 0. The Balaban J connectivity index is 2.75. The molecule has 0 atom stereocenters. The van der Waals surface area contributed by atoms with E-state index in [2.05, 4.69) is 15.2 Å². The fraction of sp³-hybridized carbons (Fsp3) is 0.400. The van der Waals surface area contributed by atoms with Crippen molar-refractivity contribution in [3.63, 3.8) is 0 Å². The molecule has 1 rings (SSSR count). The number of rotatable bonds is 3. The summed E-state index contributed by atoms with van der Waals surface area (Å²) in [5.41, 5.74) is 0.389. The first kappa shape index (κ1) is 9.10. The van der Waals surface area contributed by atoms with Crippen LogP contribution >= 0.6 is 0 Å². The highest BCUT2D eigenvalue weighted by molar-refractivity contribution is 5.80. The van der Waals surface area contributed by atoms with Crippen molar-refractivity contribution in [2.75, 3.05) is 0 Å². The van der Waals surface area contributed by atoms with Crippen LogP contribution in [0, 0.1) is 10.1 Å². The van der Waals surface area contributed by atoms with Crippen LogP contribution < -0.4 is 0 Å². The third-order valence-corrected chi connectivity index (χ3v) is 1.25. The highest BCUT2D eigenvalue weighted by Gasteiger charge is 2.12. The molecule has 8 nitrogen and oxygen atoms in total. The third-order valence-electron chi connectivity index (χ3n) is 1.25. The largest absolute Gasteiger partial charge is 0.490 e. The number of hydrogen-bond acceptors (Lipinski definition) is 6. The van der Waals surface area contributed by atoms with E-state index in [1.165, 1.54) is 11.0 Å². The van der Waals surface area contributed by atoms with Crippen molar-refractivity contribution in [1.82, 2.24) is 14.8 Å². The van der Waals surface area contributed by atoms with Gasteiger partial charge in [-0.05, 0) is 11.8 Å². The smallest absolute Gasteiger partial charge is 0.411 e. The minimum absolute atomic E-state index is 0.178. The lowest BCUT2D eigenvalue weighted by atomic mass is 10.4. The van der Waals surface area contributed by atoms with Gasteiger partial charge in [-0.3, -0.25) is 0 Å². The standard InChI is InChI=1S/C5H7N5O3/c1-4(8-11)2-9-3-6-5(7-9)10(12)13/h3,11H,2H2,1H3/b8-4+. The van der Waals surface area contributed by atoms with Crippen molar-refractivity contribution in [3.8, 4) is 0 Å². The predicted molar refractivity (Wildman–Crippen MR) is 41.6 cm³/mol. The first-order chi connectivity index (χ1) is 6.13. The van der Waals surface area contributed by atoms with E-state index in [9.17, 15) is 10.1 Å². The molecule has 0 fully saturated rings. The van der Waals surface area contributed by atoms with E-state index in [0.717, 1.165) is 0 Å². The number of nitrogens with zero attached hydrogens (tertiary/aromatic N) is 5. The van der Waals surface area contributed by atoms with Gasteiger partial charge in [-0.1, -0.05) is 10.1 Å². The molecule has 0 saturated heterocycles. The Hall–Kier alpha value is -1.99. The van der Waals surface area contributed by atoms with Gasteiger partial charge in [0.15, 0.2) is 0 Å². The highest BCUT2D eigenvalue weighted by atomic mass is 16.6. The van der Waals surface area contributed by atoms with Crippen molar-refractivity contribution in [1.29, 1.82) is 0 Å². The van der Waals surface area contributed by atoms with E-state index in [-0.39, 0.29) is 6.54 Å². The molecule has 13 heavy (non-hydrogen) atoms. The number of aromatic nitrogens is 3. The lowest BCUT2D eigenvalue weighted by Crippen LogP contribution is -2.07. The van der Waals surface area contributed by atoms with Gasteiger partial charge in [-0.2, -0.15) is 4.68 Å². The number of oxime groups is 1. The summed E-state index contributed by atoms with van der Waals surface area (Å²) in [4.78, 5) is 12.9. The van der Waals surface area contributed by atoms with Crippen LogP contribution in [0.3, 0.4) is 0 Å². The molecular formula is C5H7N5O3. The van der Waals surface area contributed by atoms with E-state index in [4.69, 9.17) is 5.21 Å². The summed E-state index contributed by atoms with van der Waals surface area (Å²) in [6.07, 6.45) is 1.20. The zero-order chi connectivity index (χ0) is 9.84. The van der Waals surface area contributed by atoms with Crippen molar-refractivity contribution in [2.24, 2.45) is 5.16 Å². The van der Waals surface area contributed by atoms with Gasteiger partial charge in [-0.15, -0.1) is 0 Å². The zero-order valence-electron chi connectivity index (χ0n) is 6.78. The second-order valence-electron chi connectivity index (χ2n) is 2.33. The second-order valence-corrected chi connectivity index (χ2v) is 2.33. The van der Waals surface area contributed by atoms with E-state index in [1.807, 2.05) is 0 Å². The maximum Gasteiger partial charge on any atom is 0.490 e. The van der Waals surface area contributed by atoms with E-state index in [1.54, 1.807) is 6.92 Å². The molecule has 70 valence electrons. The first-order valence-corrected chi connectivity index (χ1v) is 3.35. The van der Waals surface area contributed by atoms with Crippen molar-refractivity contribution in [3.05, 3.63) is 16.4 Å². The maximum absolute atomic E-state index is 10.2. The molecule has 0 amide bonds. The van der Waals surface area contributed by atoms with Crippen LogP contribution in [0.2, 0.25) is 0 Å². The number of hydrogen-bond donors (Lipinski definition) is 1. The highest BCUT2D eigenvalue weighted by Crippen LogP contribution is 1.99. The summed E-state index contributed by atoms with van der Waals surface area (Å²) >= 11 is 0. The maximum atomic E-state index is 10.2.